The number of nitrogens with zero attached hydrogens (tertiary/aromatic N) is 2. The quantitative estimate of drug-likeness (QED) is 0.409. The standard InChI is InChI=1S/C24H28N2O5S/c1-5-13-31-17-10-9-16(15-18(17)30-6-2)21-20(22(27)19-8-7-14-32-19)23(28)24(29)26(21)12-11-25(3)4/h5,7-10,14-15,21,28H,1,6,11-13H2,2-4H3. The van der Waals surface area contributed by atoms with Crippen molar-refractivity contribution < 1.29 is 24.2 Å². The van der Waals surface area contributed by atoms with Crippen molar-refractivity contribution in [2.24, 2.45) is 0 Å². The maximum absolute atomic E-state index is 13.3. The van der Waals surface area contributed by atoms with Crippen LogP contribution >= 0.6 is 11.3 Å². The molecule has 0 radical (unpaired) electrons. The van der Waals surface area contributed by atoms with Gasteiger partial charge in [-0.3, -0.25) is 9.59 Å². The lowest BCUT2D eigenvalue weighted by Gasteiger charge is -2.28. The average molecular weight is 457 g/mol. The van der Waals surface area contributed by atoms with E-state index in [1.165, 1.54) is 16.2 Å². The van der Waals surface area contributed by atoms with Crippen LogP contribution in [0.3, 0.4) is 0 Å². The van der Waals surface area contributed by atoms with Gasteiger partial charge in [-0.2, -0.15) is 0 Å². The number of ether oxygens (including phenoxy) is 2. The highest BCUT2D eigenvalue weighted by Crippen LogP contribution is 2.42. The van der Waals surface area contributed by atoms with Crippen molar-refractivity contribution >= 4 is 23.0 Å². The summed E-state index contributed by atoms with van der Waals surface area (Å²) in [4.78, 5) is 30.2. The summed E-state index contributed by atoms with van der Waals surface area (Å²) in [5.74, 6) is -0.368. The highest BCUT2D eigenvalue weighted by atomic mass is 32.1. The molecule has 0 bridgehead atoms. The third kappa shape index (κ3) is 4.87. The molecule has 1 N–H and O–H groups in total. The molecule has 0 fully saturated rings. The number of Topliss-reactive ketones (excluding diaryl/α,β-unsaturated/α-hetero) is 1. The van der Waals surface area contributed by atoms with Crippen LogP contribution in [0.5, 0.6) is 11.5 Å². The van der Waals surface area contributed by atoms with E-state index in [9.17, 15) is 14.7 Å². The Morgan fingerprint density at radius 3 is 2.69 bits per heavy atom. The molecular formula is C24H28N2O5S. The lowest BCUT2D eigenvalue weighted by Crippen LogP contribution is -2.36. The van der Waals surface area contributed by atoms with Crippen LogP contribution in [-0.2, 0) is 4.79 Å². The number of ketones is 1. The van der Waals surface area contributed by atoms with Gasteiger partial charge in [-0.1, -0.05) is 24.8 Å². The van der Waals surface area contributed by atoms with Crippen molar-refractivity contribution in [2.45, 2.75) is 13.0 Å². The molecule has 7 nitrogen and oxygen atoms in total. The monoisotopic (exact) mass is 456 g/mol. The molecule has 1 aromatic heterocycles. The zero-order valence-electron chi connectivity index (χ0n) is 18.5. The number of carbonyl (C=O) groups excluding carboxylic acids is 2. The first-order valence-corrected chi connectivity index (χ1v) is 11.2. The minimum atomic E-state index is -0.732. The predicted octanol–water partition coefficient (Wildman–Crippen LogP) is 3.85. The Morgan fingerprint density at radius 2 is 2.06 bits per heavy atom. The van der Waals surface area contributed by atoms with Gasteiger partial charge in [0.15, 0.2) is 17.3 Å². The SMILES string of the molecule is C=CCOc1ccc(C2C(C(=O)c3cccs3)=C(O)C(=O)N2CCN(C)C)cc1OCC. The van der Waals surface area contributed by atoms with E-state index in [4.69, 9.17) is 9.47 Å². The van der Waals surface area contributed by atoms with Crippen LogP contribution < -0.4 is 9.47 Å². The molecule has 2 aromatic rings. The smallest absolute Gasteiger partial charge is 0.290 e. The van der Waals surface area contributed by atoms with Crippen LogP contribution in [0.1, 0.15) is 28.2 Å². The highest BCUT2D eigenvalue weighted by molar-refractivity contribution is 7.12. The first-order valence-electron chi connectivity index (χ1n) is 10.4. The van der Waals surface area contributed by atoms with Crippen LogP contribution in [0.2, 0.25) is 0 Å². The van der Waals surface area contributed by atoms with Crippen molar-refractivity contribution in [3.63, 3.8) is 0 Å². The number of hydrogen-bond donors (Lipinski definition) is 1. The number of amides is 1. The summed E-state index contributed by atoms with van der Waals surface area (Å²) in [6, 6.07) is 8.04. The van der Waals surface area contributed by atoms with Crippen molar-refractivity contribution in [2.75, 3.05) is 40.4 Å². The van der Waals surface area contributed by atoms with E-state index in [0.29, 0.717) is 48.2 Å². The van der Waals surface area contributed by atoms with Gasteiger partial charge in [0.25, 0.3) is 5.91 Å². The van der Waals surface area contributed by atoms with Gasteiger partial charge in [-0.15, -0.1) is 11.3 Å². The number of hydrogen-bond acceptors (Lipinski definition) is 7. The molecule has 8 heteroatoms. The van der Waals surface area contributed by atoms with Gasteiger partial charge in [0.2, 0.25) is 5.78 Å². The van der Waals surface area contributed by atoms with E-state index in [1.54, 1.807) is 41.8 Å². The van der Waals surface area contributed by atoms with Gasteiger partial charge in [0.05, 0.1) is 23.1 Å². The van der Waals surface area contributed by atoms with Gasteiger partial charge in [0, 0.05) is 13.1 Å². The second-order valence-electron chi connectivity index (χ2n) is 7.51. The first kappa shape index (κ1) is 23.6. The number of aliphatic hydroxyl groups is 1. The number of aliphatic hydroxyl groups excluding tert-OH is 1. The Kier molecular flexibility index (Phi) is 7.71. The molecular weight excluding hydrogens is 428 g/mol. The Balaban J connectivity index is 2.08. The van der Waals surface area contributed by atoms with Gasteiger partial charge < -0.3 is 24.4 Å². The number of benzene rings is 1. The summed E-state index contributed by atoms with van der Waals surface area (Å²) in [6.07, 6.45) is 1.64. The molecule has 1 aromatic carbocycles. The van der Waals surface area contributed by atoms with Crippen molar-refractivity contribution in [1.29, 1.82) is 0 Å². The summed E-state index contributed by atoms with van der Waals surface area (Å²) in [7, 11) is 3.80. The lowest BCUT2D eigenvalue weighted by atomic mass is 9.95. The number of rotatable bonds is 11. The molecule has 0 spiro atoms. The fourth-order valence-electron chi connectivity index (χ4n) is 3.54. The van der Waals surface area contributed by atoms with E-state index in [1.807, 2.05) is 25.9 Å². The minimum absolute atomic E-state index is 0.0819. The topological polar surface area (TPSA) is 79.3 Å². The van der Waals surface area contributed by atoms with Crippen LogP contribution in [0.4, 0.5) is 0 Å². The minimum Gasteiger partial charge on any atom is -0.503 e. The van der Waals surface area contributed by atoms with E-state index in [2.05, 4.69) is 6.58 Å². The second kappa shape index (κ2) is 10.5. The molecule has 1 unspecified atom stereocenters. The Hall–Kier alpha value is -3.10. The third-order valence-corrected chi connectivity index (χ3v) is 5.89. The fourth-order valence-corrected chi connectivity index (χ4v) is 4.22. The van der Waals surface area contributed by atoms with E-state index in [0.717, 1.165) is 0 Å². The first-order chi connectivity index (χ1) is 15.4. The zero-order chi connectivity index (χ0) is 23.3. The molecule has 0 aliphatic carbocycles. The van der Waals surface area contributed by atoms with Gasteiger partial charge in [-0.25, -0.2) is 0 Å². The Labute approximate surface area is 192 Å². The van der Waals surface area contributed by atoms with Crippen LogP contribution in [0.15, 0.2) is 59.7 Å². The predicted molar refractivity (Wildman–Crippen MR) is 125 cm³/mol. The third-order valence-electron chi connectivity index (χ3n) is 5.02. The van der Waals surface area contributed by atoms with E-state index in [-0.39, 0.29) is 11.4 Å². The normalized spacial score (nSPS) is 16.1. The number of thiophene rings is 1. The summed E-state index contributed by atoms with van der Waals surface area (Å²) in [6.45, 7) is 7.19. The maximum atomic E-state index is 13.3. The molecule has 32 heavy (non-hydrogen) atoms. The van der Waals surface area contributed by atoms with Crippen LogP contribution in [-0.4, -0.2) is 67.0 Å². The van der Waals surface area contributed by atoms with Crippen LogP contribution in [0, 0.1) is 0 Å². The molecule has 3 rings (SSSR count). The molecule has 0 saturated carbocycles. The van der Waals surface area contributed by atoms with Gasteiger partial charge in [-0.05, 0) is 50.2 Å². The summed E-state index contributed by atoms with van der Waals surface area (Å²) in [5.41, 5.74) is 0.744. The molecule has 1 aliphatic heterocycles. The van der Waals surface area contributed by atoms with Crippen molar-refractivity contribution in [3.05, 3.63) is 70.1 Å². The molecule has 1 amide bonds. The molecule has 1 atom stereocenters. The largest absolute Gasteiger partial charge is 0.503 e. The summed E-state index contributed by atoms with van der Waals surface area (Å²) >= 11 is 1.27. The Morgan fingerprint density at radius 1 is 1.28 bits per heavy atom. The number of likely N-dealkylation sites (N-methyl/N-ethyl adjacent to an activating group) is 1. The highest BCUT2D eigenvalue weighted by Gasteiger charge is 2.44. The molecule has 170 valence electrons. The summed E-state index contributed by atoms with van der Waals surface area (Å²) in [5, 5.41) is 12.5. The van der Waals surface area contributed by atoms with E-state index >= 15 is 0 Å². The average Bonchev–Trinajstić information content (AvgIpc) is 3.39. The molecule has 0 saturated heterocycles. The zero-order valence-corrected chi connectivity index (χ0v) is 19.4. The number of carbonyl (C=O) groups is 2. The molecule has 2 heterocycles. The van der Waals surface area contributed by atoms with Crippen molar-refractivity contribution in [1.82, 2.24) is 9.80 Å². The van der Waals surface area contributed by atoms with Crippen LogP contribution in [0.25, 0.3) is 0 Å². The maximum Gasteiger partial charge on any atom is 0.290 e. The van der Waals surface area contributed by atoms with Gasteiger partial charge >= 0.3 is 0 Å². The lowest BCUT2D eigenvalue weighted by molar-refractivity contribution is -0.129. The second-order valence-corrected chi connectivity index (χ2v) is 8.46. The van der Waals surface area contributed by atoms with E-state index < -0.39 is 17.7 Å². The Bertz CT molecular complexity index is 1010. The summed E-state index contributed by atoms with van der Waals surface area (Å²) < 4.78 is 11.4. The van der Waals surface area contributed by atoms with Gasteiger partial charge in [0.1, 0.15) is 6.61 Å². The fraction of sp³-hybridized carbons (Fsp3) is 0.333. The van der Waals surface area contributed by atoms with Crippen molar-refractivity contribution in [3.8, 4) is 11.5 Å². The molecule has 1 aliphatic rings.